The Hall–Kier alpha value is -4.01. The summed E-state index contributed by atoms with van der Waals surface area (Å²) >= 11 is 0. The number of carbonyl (C=O) groups is 2. The molecule has 1 heterocycles. The number of primary amides is 1. The van der Waals surface area contributed by atoms with Crippen LogP contribution in [-0.4, -0.2) is 29.1 Å². The average molecular weight is 366 g/mol. The fourth-order valence-corrected chi connectivity index (χ4v) is 2.44. The number of ether oxygens (including phenoxy) is 1. The lowest BCUT2D eigenvalue weighted by Gasteiger charge is -2.09. The summed E-state index contributed by atoms with van der Waals surface area (Å²) in [5.74, 6) is -0.0253. The molecule has 0 aliphatic rings. The van der Waals surface area contributed by atoms with Crippen LogP contribution in [0.4, 0.5) is 23.0 Å². The third-order valence-corrected chi connectivity index (χ3v) is 3.78. The van der Waals surface area contributed by atoms with E-state index in [4.69, 9.17) is 16.2 Å². The maximum Gasteiger partial charge on any atom is 0.256 e. The number of amides is 2. The van der Waals surface area contributed by atoms with Gasteiger partial charge in [-0.15, -0.1) is 0 Å². The second-order valence-corrected chi connectivity index (χ2v) is 5.61. The van der Waals surface area contributed by atoms with Crippen LogP contribution in [-0.2, 0) is 0 Å². The summed E-state index contributed by atoms with van der Waals surface area (Å²) in [6, 6.07) is 13.7. The highest BCUT2D eigenvalue weighted by Crippen LogP contribution is 2.23. The third kappa shape index (κ3) is 3.98. The highest BCUT2D eigenvalue weighted by Gasteiger charge is 2.16. The smallest absolute Gasteiger partial charge is 0.256 e. The van der Waals surface area contributed by atoms with Gasteiger partial charge in [0, 0.05) is 16.9 Å². The van der Waals surface area contributed by atoms with E-state index in [0.29, 0.717) is 22.7 Å². The second-order valence-electron chi connectivity index (χ2n) is 5.61. The lowest BCUT2D eigenvalue weighted by Crippen LogP contribution is -2.14. The van der Waals surface area contributed by atoms with E-state index in [-0.39, 0.29) is 23.1 Å². The number of H-pyrrole nitrogens is 1. The molecule has 3 aromatic rings. The number of nitrogens with one attached hydrogen (secondary N) is 3. The Kier molecular flexibility index (Phi) is 4.93. The summed E-state index contributed by atoms with van der Waals surface area (Å²) in [6.07, 6.45) is 0. The molecule has 0 aliphatic heterocycles. The number of anilines is 4. The predicted molar refractivity (Wildman–Crippen MR) is 102 cm³/mol. The number of benzene rings is 2. The molecular formula is C18H18N6O3. The van der Waals surface area contributed by atoms with Crippen LogP contribution in [0, 0.1) is 0 Å². The van der Waals surface area contributed by atoms with Crippen molar-refractivity contribution in [3.8, 4) is 5.75 Å². The maximum absolute atomic E-state index is 12.3. The number of aromatic nitrogens is 2. The Bertz CT molecular complexity index is 981. The number of hydrogen-bond donors (Lipinski definition) is 5. The van der Waals surface area contributed by atoms with Crippen molar-refractivity contribution in [2.75, 3.05) is 23.5 Å². The monoisotopic (exact) mass is 366 g/mol. The number of carbonyl (C=O) groups excluding carboxylic acids is 2. The molecule has 0 saturated heterocycles. The number of nitrogens with zero attached hydrogens (tertiary/aromatic N) is 1. The Morgan fingerprint density at radius 3 is 2.48 bits per heavy atom. The summed E-state index contributed by atoms with van der Waals surface area (Å²) in [4.78, 5) is 23.8. The first-order valence-corrected chi connectivity index (χ1v) is 7.94. The molecule has 0 aliphatic carbocycles. The summed E-state index contributed by atoms with van der Waals surface area (Å²) in [5.41, 5.74) is 12.7. The van der Waals surface area contributed by atoms with Gasteiger partial charge in [0.2, 0.25) is 0 Å². The Labute approximate surface area is 154 Å². The molecule has 0 radical (unpaired) electrons. The molecule has 3 rings (SSSR count). The standard InChI is InChI=1S/C18H18N6O3/c1-27-13-4-2-3-10(9-13)18(26)22-12-7-5-11(6-8-12)21-17-14(16(20)25)15(19)23-24-17/h2-9H,1H3,(H2,20,25)(H,22,26)(H4,19,21,23,24). The van der Waals surface area contributed by atoms with Gasteiger partial charge in [-0.05, 0) is 42.5 Å². The van der Waals surface area contributed by atoms with E-state index in [1.165, 1.54) is 0 Å². The van der Waals surface area contributed by atoms with Crippen molar-refractivity contribution in [1.82, 2.24) is 10.2 Å². The zero-order chi connectivity index (χ0) is 19.4. The fourth-order valence-electron chi connectivity index (χ4n) is 2.44. The summed E-state index contributed by atoms with van der Waals surface area (Å²) < 4.78 is 5.12. The van der Waals surface area contributed by atoms with Gasteiger partial charge >= 0.3 is 0 Å². The van der Waals surface area contributed by atoms with Crippen molar-refractivity contribution in [2.45, 2.75) is 0 Å². The Morgan fingerprint density at radius 1 is 1.11 bits per heavy atom. The van der Waals surface area contributed by atoms with E-state index >= 15 is 0 Å². The number of rotatable bonds is 6. The maximum atomic E-state index is 12.3. The molecule has 0 spiro atoms. The van der Waals surface area contributed by atoms with Crippen molar-refractivity contribution in [2.24, 2.45) is 5.73 Å². The van der Waals surface area contributed by atoms with Gasteiger partial charge in [0.1, 0.15) is 17.1 Å². The van der Waals surface area contributed by atoms with Gasteiger partial charge in [0.25, 0.3) is 11.8 Å². The van der Waals surface area contributed by atoms with Gasteiger partial charge in [0.15, 0.2) is 5.82 Å². The molecule has 2 amide bonds. The van der Waals surface area contributed by atoms with Gasteiger partial charge in [0.05, 0.1) is 7.11 Å². The molecule has 9 heteroatoms. The number of nitrogens with two attached hydrogens (primary N) is 2. The molecule has 2 aromatic carbocycles. The molecular weight excluding hydrogens is 348 g/mol. The van der Waals surface area contributed by atoms with Crippen molar-refractivity contribution in [3.63, 3.8) is 0 Å². The van der Waals surface area contributed by atoms with Crippen LogP contribution in [0.3, 0.4) is 0 Å². The molecule has 138 valence electrons. The first-order valence-electron chi connectivity index (χ1n) is 7.94. The van der Waals surface area contributed by atoms with Crippen molar-refractivity contribution >= 4 is 34.8 Å². The zero-order valence-electron chi connectivity index (χ0n) is 14.4. The molecule has 9 nitrogen and oxygen atoms in total. The lowest BCUT2D eigenvalue weighted by molar-refractivity contribution is 0.0999. The molecule has 1 aromatic heterocycles. The van der Waals surface area contributed by atoms with Crippen LogP contribution < -0.4 is 26.8 Å². The number of nitrogen functional groups attached to an aromatic ring is 1. The summed E-state index contributed by atoms with van der Waals surface area (Å²) in [6.45, 7) is 0. The first kappa shape index (κ1) is 17.8. The molecule has 0 fully saturated rings. The number of hydrogen-bond acceptors (Lipinski definition) is 6. The second kappa shape index (κ2) is 7.48. The van der Waals surface area contributed by atoms with Crippen molar-refractivity contribution in [3.05, 3.63) is 59.7 Å². The molecule has 0 saturated carbocycles. The SMILES string of the molecule is COc1cccc(C(=O)Nc2ccc(Nc3n[nH]c(N)c3C(N)=O)cc2)c1. The highest BCUT2D eigenvalue weighted by atomic mass is 16.5. The summed E-state index contributed by atoms with van der Waals surface area (Å²) in [5, 5.41) is 12.2. The highest BCUT2D eigenvalue weighted by molar-refractivity contribution is 6.05. The van der Waals surface area contributed by atoms with Crippen LogP contribution in [0.5, 0.6) is 5.75 Å². The van der Waals surface area contributed by atoms with Gasteiger partial charge in [-0.2, -0.15) is 5.10 Å². The molecule has 0 unspecified atom stereocenters. The van der Waals surface area contributed by atoms with E-state index in [1.807, 2.05) is 0 Å². The molecule has 7 N–H and O–H groups in total. The van der Waals surface area contributed by atoms with Gasteiger partial charge in [-0.3, -0.25) is 14.7 Å². The van der Waals surface area contributed by atoms with E-state index in [2.05, 4.69) is 20.8 Å². The fraction of sp³-hybridized carbons (Fsp3) is 0.0556. The van der Waals surface area contributed by atoms with E-state index < -0.39 is 5.91 Å². The Morgan fingerprint density at radius 2 is 1.81 bits per heavy atom. The van der Waals surface area contributed by atoms with Crippen molar-refractivity contribution in [1.29, 1.82) is 0 Å². The van der Waals surface area contributed by atoms with Crippen LogP contribution in [0.15, 0.2) is 48.5 Å². The minimum absolute atomic E-state index is 0.0883. The van der Waals surface area contributed by atoms with Crippen LogP contribution >= 0.6 is 0 Å². The normalized spacial score (nSPS) is 10.3. The molecule has 27 heavy (non-hydrogen) atoms. The topological polar surface area (TPSA) is 148 Å². The van der Waals surface area contributed by atoms with E-state index in [0.717, 1.165) is 0 Å². The zero-order valence-corrected chi connectivity index (χ0v) is 14.4. The quantitative estimate of drug-likeness (QED) is 0.451. The van der Waals surface area contributed by atoms with Gasteiger partial charge in [-0.25, -0.2) is 0 Å². The number of aromatic amines is 1. The van der Waals surface area contributed by atoms with Gasteiger partial charge < -0.3 is 26.8 Å². The van der Waals surface area contributed by atoms with Crippen molar-refractivity contribution < 1.29 is 14.3 Å². The average Bonchev–Trinajstić information content (AvgIpc) is 3.03. The van der Waals surface area contributed by atoms with Gasteiger partial charge in [-0.1, -0.05) is 6.07 Å². The van der Waals surface area contributed by atoms with E-state index in [9.17, 15) is 9.59 Å². The largest absolute Gasteiger partial charge is 0.497 e. The summed E-state index contributed by atoms with van der Waals surface area (Å²) in [7, 11) is 1.54. The molecule has 0 bridgehead atoms. The van der Waals surface area contributed by atoms with Crippen LogP contribution in [0.1, 0.15) is 20.7 Å². The third-order valence-electron chi connectivity index (χ3n) is 3.78. The predicted octanol–water partition coefficient (Wildman–Crippen LogP) is 2.10. The van der Waals surface area contributed by atoms with Crippen LogP contribution in [0.2, 0.25) is 0 Å². The van der Waals surface area contributed by atoms with E-state index in [1.54, 1.807) is 55.6 Å². The minimum Gasteiger partial charge on any atom is -0.497 e. The number of methoxy groups -OCH3 is 1. The minimum atomic E-state index is -0.689. The van der Waals surface area contributed by atoms with Crippen LogP contribution in [0.25, 0.3) is 0 Å². The lowest BCUT2D eigenvalue weighted by atomic mass is 10.2. The Balaban J connectivity index is 1.70. The molecule has 0 atom stereocenters. The first-order chi connectivity index (χ1) is 13.0.